The largest absolute Gasteiger partial charge is 0.320 e. The van der Waals surface area contributed by atoms with Gasteiger partial charge in [0.25, 0.3) is 0 Å². The van der Waals surface area contributed by atoms with Crippen LogP contribution < -0.4 is 4.90 Å². The molecule has 0 aliphatic carbocycles. The summed E-state index contributed by atoms with van der Waals surface area (Å²) >= 11 is 5.46. The van der Waals surface area contributed by atoms with Crippen LogP contribution >= 0.6 is 11.6 Å². The van der Waals surface area contributed by atoms with E-state index in [1.165, 1.54) is 5.56 Å². The minimum Gasteiger partial charge on any atom is -0.298 e. The van der Waals surface area contributed by atoms with E-state index in [1.807, 2.05) is 24.3 Å². The third-order valence-corrected chi connectivity index (χ3v) is 2.63. The van der Waals surface area contributed by atoms with Gasteiger partial charge in [0.2, 0.25) is 0 Å². The molecular formula is C10H10ClNO. The lowest BCUT2D eigenvalue weighted by molar-refractivity contribution is 0.264. The predicted octanol–water partition coefficient (Wildman–Crippen LogP) is 2.97. The number of halogens is 1. The van der Waals surface area contributed by atoms with Gasteiger partial charge in [0.15, 0.2) is 0 Å². The molecule has 1 aliphatic rings. The molecule has 0 N–H and O–H groups in total. The zero-order valence-corrected chi connectivity index (χ0v) is 8.08. The Hall–Kier alpha value is -1.02. The highest BCUT2D eigenvalue weighted by atomic mass is 35.5. The molecule has 1 aromatic rings. The van der Waals surface area contributed by atoms with Gasteiger partial charge >= 0.3 is 5.37 Å². The van der Waals surface area contributed by atoms with Gasteiger partial charge in [0.1, 0.15) is 0 Å². The van der Waals surface area contributed by atoms with E-state index >= 15 is 0 Å². The molecule has 0 radical (unpaired) electrons. The van der Waals surface area contributed by atoms with Crippen molar-refractivity contribution < 1.29 is 4.79 Å². The standard InChI is InChI=1S/C10H10ClNO/c1-7-6-12(10(11)13)9-5-3-2-4-8(7)9/h2-5,7H,6H2,1H3. The molecule has 0 aromatic heterocycles. The normalized spacial score (nSPS) is 20.2. The maximum Gasteiger partial charge on any atom is 0.320 e. The van der Waals surface area contributed by atoms with E-state index in [0.29, 0.717) is 12.5 Å². The number of nitrogens with zero attached hydrogens (tertiary/aromatic N) is 1. The number of anilines is 1. The predicted molar refractivity (Wildman–Crippen MR) is 53.5 cm³/mol. The second-order valence-electron chi connectivity index (χ2n) is 3.32. The molecular weight excluding hydrogens is 186 g/mol. The highest BCUT2D eigenvalue weighted by Crippen LogP contribution is 2.36. The van der Waals surface area contributed by atoms with Crippen LogP contribution in [-0.4, -0.2) is 11.9 Å². The van der Waals surface area contributed by atoms with Crippen LogP contribution in [0.3, 0.4) is 0 Å². The topological polar surface area (TPSA) is 20.3 Å². The van der Waals surface area contributed by atoms with Gasteiger partial charge in [-0.05, 0) is 23.2 Å². The first-order valence-electron chi connectivity index (χ1n) is 4.26. The van der Waals surface area contributed by atoms with Crippen LogP contribution in [0.5, 0.6) is 0 Å². The summed E-state index contributed by atoms with van der Waals surface area (Å²) in [5, 5.41) is -0.392. The number of hydrogen-bond donors (Lipinski definition) is 0. The Morgan fingerprint density at radius 3 is 2.92 bits per heavy atom. The summed E-state index contributed by atoms with van der Waals surface area (Å²) in [6.07, 6.45) is 0. The lowest BCUT2D eigenvalue weighted by atomic mass is 10.0. The summed E-state index contributed by atoms with van der Waals surface area (Å²) in [5.74, 6) is 0.388. The van der Waals surface area contributed by atoms with E-state index in [9.17, 15) is 4.79 Å². The highest BCUT2D eigenvalue weighted by molar-refractivity contribution is 6.66. The van der Waals surface area contributed by atoms with Crippen molar-refractivity contribution in [2.24, 2.45) is 0 Å². The van der Waals surface area contributed by atoms with Gasteiger partial charge in [0.05, 0.1) is 0 Å². The van der Waals surface area contributed by atoms with Crippen LogP contribution in [0.2, 0.25) is 0 Å². The minimum absolute atomic E-state index is 0.388. The molecule has 1 unspecified atom stereocenters. The summed E-state index contributed by atoms with van der Waals surface area (Å²) in [4.78, 5) is 12.7. The first-order valence-corrected chi connectivity index (χ1v) is 4.64. The lowest BCUT2D eigenvalue weighted by Gasteiger charge is -2.12. The second-order valence-corrected chi connectivity index (χ2v) is 3.65. The number of para-hydroxylation sites is 1. The SMILES string of the molecule is CC1CN(C(=O)Cl)c2ccccc21. The highest BCUT2D eigenvalue weighted by Gasteiger charge is 2.27. The first-order chi connectivity index (χ1) is 6.20. The van der Waals surface area contributed by atoms with Crippen molar-refractivity contribution in [2.75, 3.05) is 11.4 Å². The minimum atomic E-state index is -0.392. The molecule has 0 spiro atoms. The number of benzene rings is 1. The van der Waals surface area contributed by atoms with Gasteiger partial charge in [-0.2, -0.15) is 0 Å². The zero-order chi connectivity index (χ0) is 9.42. The Morgan fingerprint density at radius 1 is 1.54 bits per heavy atom. The molecule has 1 aliphatic heterocycles. The number of carbonyl (C=O) groups is 1. The molecule has 0 bridgehead atoms. The Bertz CT molecular complexity index is 351. The van der Waals surface area contributed by atoms with E-state index in [0.717, 1.165) is 5.69 Å². The third kappa shape index (κ3) is 1.31. The fourth-order valence-electron chi connectivity index (χ4n) is 1.79. The van der Waals surface area contributed by atoms with Crippen LogP contribution in [0.4, 0.5) is 10.5 Å². The Labute approximate surface area is 82.1 Å². The van der Waals surface area contributed by atoms with E-state index in [1.54, 1.807) is 4.90 Å². The second kappa shape index (κ2) is 3.04. The molecule has 0 saturated heterocycles. The van der Waals surface area contributed by atoms with E-state index in [2.05, 4.69) is 6.92 Å². The van der Waals surface area contributed by atoms with Crippen LogP contribution in [-0.2, 0) is 0 Å². The molecule has 1 aromatic carbocycles. The van der Waals surface area contributed by atoms with Crippen molar-refractivity contribution >= 4 is 22.7 Å². The van der Waals surface area contributed by atoms with Crippen LogP contribution in [0.15, 0.2) is 24.3 Å². The van der Waals surface area contributed by atoms with Crippen LogP contribution in [0, 0.1) is 0 Å². The lowest BCUT2D eigenvalue weighted by Crippen LogP contribution is -2.23. The summed E-state index contributed by atoms with van der Waals surface area (Å²) in [5.41, 5.74) is 2.16. The molecule has 2 nitrogen and oxygen atoms in total. The molecule has 1 atom stereocenters. The van der Waals surface area contributed by atoms with Gasteiger partial charge in [-0.1, -0.05) is 25.1 Å². The van der Waals surface area contributed by atoms with E-state index in [-0.39, 0.29) is 0 Å². The quantitative estimate of drug-likeness (QED) is 0.461. The maximum absolute atomic E-state index is 11.0. The van der Waals surface area contributed by atoms with Crippen molar-refractivity contribution in [2.45, 2.75) is 12.8 Å². The number of carbonyl (C=O) groups excluding carboxylic acids is 1. The first kappa shape index (κ1) is 8.57. The smallest absolute Gasteiger partial charge is 0.298 e. The average molecular weight is 196 g/mol. The average Bonchev–Trinajstić information content (AvgIpc) is 2.45. The summed E-state index contributed by atoms with van der Waals surface area (Å²) in [6, 6.07) is 7.88. The van der Waals surface area contributed by atoms with Crippen molar-refractivity contribution in [3.8, 4) is 0 Å². The van der Waals surface area contributed by atoms with Gasteiger partial charge in [-0.3, -0.25) is 9.69 Å². The molecule has 2 rings (SSSR count). The van der Waals surface area contributed by atoms with E-state index in [4.69, 9.17) is 11.6 Å². The summed E-state index contributed by atoms with van der Waals surface area (Å²) in [7, 11) is 0. The fraction of sp³-hybridized carbons (Fsp3) is 0.300. The van der Waals surface area contributed by atoms with Gasteiger partial charge in [0, 0.05) is 18.2 Å². The Balaban J connectivity index is 2.47. The number of fused-ring (bicyclic) bond motifs is 1. The molecule has 1 heterocycles. The Morgan fingerprint density at radius 2 is 2.23 bits per heavy atom. The van der Waals surface area contributed by atoms with Crippen molar-refractivity contribution in [1.29, 1.82) is 0 Å². The van der Waals surface area contributed by atoms with E-state index < -0.39 is 5.37 Å². The molecule has 0 saturated carbocycles. The number of hydrogen-bond acceptors (Lipinski definition) is 1. The summed E-state index contributed by atoms with van der Waals surface area (Å²) in [6.45, 7) is 2.79. The zero-order valence-electron chi connectivity index (χ0n) is 7.33. The number of rotatable bonds is 0. The number of amides is 1. The fourth-order valence-corrected chi connectivity index (χ4v) is 1.95. The monoisotopic (exact) mass is 195 g/mol. The van der Waals surface area contributed by atoms with Gasteiger partial charge < -0.3 is 0 Å². The molecule has 1 amide bonds. The molecule has 3 heteroatoms. The van der Waals surface area contributed by atoms with Crippen molar-refractivity contribution in [3.63, 3.8) is 0 Å². The van der Waals surface area contributed by atoms with Crippen molar-refractivity contribution in [3.05, 3.63) is 29.8 Å². The molecule has 0 fully saturated rings. The summed E-state index contributed by atoms with van der Waals surface area (Å²) < 4.78 is 0. The van der Waals surface area contributed by atoms with Crippen molar-refractivity contribution in [1.82, 2.24) is 0 Å². The Kier molecular flexibility index (Phi) is 2.00. The van der Waals surface area contributed by atoms with Crippen LogP contribution in [0.1, 0.15) is 18.4 Å². The van der Waals surface area contributed by atoms with Gasteiger partial charge in [-0.25, -0.2) is 0 Å². The van der Waals surface area contributed by atoms with Gasteiger partial charge in [-0.15, -0.1) is 0 Å². The molecule has 68 valence electrons. The van der Waals surface area contributed by atoms with Crippen LogP contribution in [0.25, 0.3) is 0 Å². The third-order valence-electron chi connectivity index (χ3n) is 2.43. The molecule has 13 heavy (non-hydrogen) atoms. The maximum atomic E-state index is 11.0.